The maximum absolute atomic E-state index is 13.3. The molecular formula is C42H36O6S. The van der Waals surface area contributed by atoms with E-state index in [-0.39, 0.29) is 29.0 Å². The van der Waals surface area contributed by atoms with E-state index >= 15 is 0 Å². The van der Waals surface area contributed by atoms with Crippen LogP contribution < -0.4 is 0 Å². The zero-order chi connectivity index (χ0) is 33.6. The van der Waals surface area contributed by atoms with Crippen molar-refractivity contribution in [2.75, 3.05) is 13.2 Å². The molecule has 246 valence electrons. The van der Waals surface area contributed by atoms with Gasteiger partial charge in [0.2, 0.25) is 0 Å². The summed E-state index contributed by atoms with van der Waals surface area (Å²) in [6.45, 7) is 0.460. The van der Waals surface area contributed by atoms with E-state index in [2.05, 4.69) is 0 Å². The second-order valence-electron chi connectivity index (χ2n) is 12.4. The van der Waals surface area contributed by atoms with Crippen LogP contribution in [0.1, 0.15) is 56.8 Å². The lowest BCUT2D eigenvalue weighted by Crippen LogP contribution is -2.29. The third-order valence-corrected chi connectivity index (χ3v) is 10.6. The van der Waals surface area contributed by atoms with E-state index in [1.165, 1.54) is 0 Å². The molecule has 6 aromatic carbocycles. The van der Waals surface area contributed by atoms with E-state index in [1.807, 2.05) is 109 Å². The summed E-state index contributed by atoms with van der Waals surface area (Å²) in [5.41, 5.74) is 1.52. The minimum atomic E-state index is -0.413. The van der Waals surface area contributed by atoms with Crippen molar-refractivity contribution in [3.8, 4) is 0 Å². The Bertz CT molecular complexity index is 2140. The molecular weight excluding hydrogens is 633 g/mol. The number of thioether (sulfide) groups is 1. The average Bonchev–Trinajstić information content (AvgIpc) is 3.53. The molecule has 0 aromatic heterocycles. The normalized spacial score (nSPS) is 17.3. The van der Waals surface area contributed by atoms with Gasteiger partial charge in [-0.15, -0.1) is 11.8 Å². The molecule has 6 aromatic rings. The van der Waals surface area contributed by atoms with Crippen LogP contribution in [0.2, 0.25) is 0 Å². The Morgan fingerprint density at radius 3 is 1.55 bits per heavy atom. The van der Waals surface area contributed by atoms with Gasteiger partial charge in [-0.1, -0.05) is 91.0 Å². The van der Waals surface area contributed by atoms with Gasteiger partial charge in [0.15, 0.2) is 0 Å². The van der Waals surface area contributed by atoms with Crippen molar-refractivity contribution in [1.29, 1.82) is 0 Å². The number of ether oxygens (including phenoxy) is 3. The SMILES string of the molecule is O=C(OCCCCC1C[C@H](OC(=O)c2ccc3ccccc3c2)[C@H](COC(=O)c2ccc3ccccc3c2)S1)c1ccc2ccccc2c1. The molecule has 1 heterocycles. The quantitative estimate of drug-likeness (QED) is 0.0773. The molecule has 1 saturated heterocycles. The van der Waals surface area contributed by atoms with Crippen LogP contribution >= 0.6 is 11.8 Å². The molecule has 1 aliphatic rings. The van der Waals surface area contributed by atoms with E-state index < -0.39 is 12.1 Å². The summed E-state index contributed by atoms with van der Waals surface area (Å²) >= 11 is 1.70. The van der Waals surface area contributed by atoms with E-state index in [0.29, 0.717) is 29.7 Å². The number of unbranched alkanes of at least 4 members (excludes halogenated alkanes) is 1. The van der Waals surface area contributed by atoms with Crippen LogP contribution in [0.15, 0.2) is 127 Å². The highest BCUT2D eigenvalue weighted by Gasteiger charge is 2.38. The van der Waals surface area contributed by atoms with Crippen molar-refractivity contribution in [2.24, 2.45) is 0 Å². The minimum Gasteiger partial charge on any atom is -0.462 e. The molecule has 0 N–H and O–H groups in total. The van der Waals surface area contributed by atoms with Crippen molar-refractivity contribution in [3.63, 3.8) is 0 Å². The molecule has 1 fully saturated rings. The van der Waals surface area contributed by atoms with Crippen molar-refractivity contribution in [3.05, 3.63) is 144 Å². The summed E-state index contributed by atoms with van der Waals surface area (Å²) < 4.78 is 17.5. The highest BCUT2D eigenvalue weighted by atomic mass is 32.2. The first-order valence-corrected chi connectivity index (χ1v) is 17.6. The molecule has 49 heavy (non-hydrogen) atoms. The number of rotatable bonds is 11. The Hall–Kier alpha value is -5.14. The molecule has 0 spiro atoms. The van der Waals surface area contributed by atoms with Gasteiger partial charge >= 0.3 is 17.9 Å². The third-order valence-electron chi connectivity index (χ3n) is 9.02. The van der Waals surface area contributed by atoms with E-state index in [0.717, 1.165) is 51.6 Å². The van der Waals surface area contributed by atoms with Crippen molar-refractivity contribution in [1.82, 2.24) is 0 Å². The predicted octanol–water partition coefficient (Wildman–Crippen LogP) is 9.43. The number of benzene rings is 6. The fourth-order valence-corrected chi connectivity index (χ4v) is 7.96. The van der Waals surface area contributed by atoms with Gasteiger partial charge < -0.3 is 14.2 Å². The number of fused-ring (bicyclic) bond motifs is 3. The lowest BCUT2D eigenvalue weighted by molar-refractivity contribution is 0.0211. The first kappa shape index (κ1) is 32.4. The molecule has 6 nitrogen and oxygen atoms in total. The van der Waals surface area contributed by atoms with Gasteiger partial charge in [0.25, 0.3) is 0 Å². The molecule has 3 atom stereocenters. The summed E-state index contributed by atoms with van der Waals surface area (Å²) in [6.07, 6.45) is 2.66. The van der Waals surface area contributed by atoms with Crippen LogP contribution in [0.25, 0.3) is 32.3 Å². The van der Waals surface area contributed by atoms with Gasteiger partial charge in [0, 0.05) is 5.25 Å². The highest BCUT2D eigenvalue weighted by molar-refractivity contribution is 8.00. The number of carbonyl (C=O) groups excluding carboxylic acids is 3. The summed E-state index contributed by atoms with van der Waals surface area (Å²) in [5.74, 6) is -1.11. The highest BCUT2D eigenvalue weighted by Crippen LogP contribution is 2.39. The average molecular weight is 669 g/mol. The topological polar surface area (TPSA) is 78.9 Å². The molecule has 1 unspecified atom stereocenters. The zero-order valence-electron chi connectivity index (χ0n) is 27.0. The van der Waals surface area contributed by atoms with Crippen LogP contribution in [0, 0.1) is 0 Å². The Balaban J connectivity index is 0.957. The first-order chi connectivity index (χ1) is 24.0. The van der Waals surface area contributed by atoms with Crippen molar-refractivity contribution in [2.45, 2.75) is 42.3 Å². The molecule has 7 heteroatoms. The largest absolute Gasteiger partial charge is 0.462 e. The Morgan fingerprint density at radius 2 is 1.02 bits per heavy atom. The second-order valence-corrected chi connectivity index (χ2v) is 13.9. The fraction of sp³-hybridized carbons (Fsp3) is 0.214. The van der Waals surface area contributed by atoms with Crippen LogP contribution in [-0.2, 0) is 14.2 Å². The van der Waals surface area contributed by atoms with Crippen LogP contribution in [0.5, 0.6) is 0 Å². The number of hydrogen-bond donors (Lipinski definition) is 0. The smallest absolute Gasteiger partial charge is 0.338 e. The van der Waals surface area contributed by atoms with Crippen LogP contribution in [0.4, 0.5) is 0 Å². The van der Waals surface area contributed by atoms with Crippen molar-refractivity contribution >= 4 is 62.0 Å². The van der Waals surface area contributed by atoms with E-state index in [9.17, 15) is 14.4 Å². The van der Waals surface area contributed by atoms with Crippen molar-refractivity contribution < 1.29 is 28.6 Å². The molecule has 0 saturated carbocycles. The molecule has 0 aliphatic carbocycles. The summed E-state index contributed by atoms with van der Waals surface area (Å²) in [5, 5.41) is 6.13. The molecule has 1 aliphatic heterocycles. The molecule has 0 amide bonds. The number of carbonyl (C=O) groups is 3. The lowest BCUT2D eigenvalue weighted by Gasteiger charge is -2.19. The number of esters is 3. The maximum Gasteiger partial charge on any atom is 0.338 e. The zero-order valence-corrected chi connectivity index (χ0v) is 27.8. The molecule has 7 rings (SSSR count). The van der Waals surface area contributed by atoms with E-state index in [4.69, 9.17) is 14.2 Å². The molecule has 0 radical (unpaired) electrons. The molecule has 0 bridgehead atoms. The Labute approximate surface area is 289 Å². The van der Waals surface area contributed by atoms with E-state index in [1.54, 1.807) is 30.0 Å². The minimum absolute atomic E-state index is 0.131. The summed E-state index contributed by atoms with van der Waals surface area (Å²) in [4.78, 5) is 39.1. The van der Waals surface area contributed by atoms with Gasteiger partial charge in [0.1, 0.15) is 12.7 Å². The lowest BCUT2D eigenvalue weighted by atomic mass is 10.1. The third kappa shape index (κ3) is 7.79. The van der Waals surface area contributed by atoms with Crippen LogP contribution in [-0.4, -0.2) is 47.7 Å². The van der Waals surface area contributed by atoms with Gasteiger partial charge in [-0.25, -0.2) is 14.4 Å². The van der Waals surface area contributed by atoms with Gasteiger partial charge in [-0.2, -0.15) is 0 Å². The van der Waals surface area contributed by atoms with Gasteiger partial charge in [-0.05, 0) is 94.4 Å². The second kappa shape index (κ2) is 15.0. The summed E-state index contributed by atoms with van der Waals surface area (Å²) in [6, 6.07) is 40.4. The fourth-order valence-electron chi connectivity index (χ4n) is 6.38. The standard InChI is InChI=1S/C42H36O6S/c43-40(34-19-16-28-9-1-4-12-31(28)23-34)46-22-8-7-15-37-26-38(48-42(45)36-21-18-30-11-3-6-14-33(30)25-36)39(49-37)27-47-41(44)35-20-17-29-10-2-5-13-32(29)24-35/h1-6,9-14,16-21,23-25,37-39H,7-8,15,22,26-27H2/t37?,38-,39-/m0/s1. The maximum atomic E-state index is 13.3. The Kier molecular flexibility index (Phi) is 9.89. The van der Waals surface area contributed by atoms with Gasteiger partial charge in [-0.3, -0.25) is 0 Å². The summed E-state index contributed by atoms with van der Waals surface area (Å²) in [7, 11) is 0. The predicted molar refractivity (Wildman–Crippen MR) is 195 cm³/mol. The Morgan fingerprint density at radius 1 is 0.551 bits per heavy atom. The van der Waals surface area contributed by atoms with Crippen LogP contribution in [0.3, 0.4) is 0 Å². The van der Waals surface area contributed by atoms with Gasteiger partial charge in [0.05, 0.1) is 28.5 Å². The number of hydrogen-bond acceptors (Lipinski definition) is 7. The monoisotopic (exact) mass is 668 g/mol. The first-order valence-electron chi connectivity index (χ1n) is 16.7.